The summed E-state index contributed by atoms with van der Waals surface area (Å²) in [5.74, 6) is 0. The fraction of sp³-hybridized carbons (Fsp3) is 0.674. The molecule has 0 saturated heterocycles. The Kier molecular flexibility index (Phi) is 20.0. The normalized spacial score (nSPS) is 12.4. The van der Waals surface area contributed by atoms with Crippen LogP contribution in [0.1, 0.15) is 184 Å². The average Bonchev–Trinajstić information content (AvgIpc) is 3.05. The molecule has 0 saturated carbocycles. The van der Waals surface area contributed by atoms with Gasteiger partial charge in [0.05, 0.1) is 0 Å². The Balaban J connectivity index is 2.51. The van der Waals surface area contributed by atoms with Gasteiger partial charge in [0.15, 0.2) is 7.05 Å². The number of hydrogen-bond donors (Lipinski definition) is 0. The van der Waals surface area contributed by atoms with E-state index in [2.05, 4.69) is 90.6 Å². The SMILES string of the molecule is CCCCCCc1c(CC)cc(N=[N+](C)C(=Cc2cc(CCCC)c(CCCCCC)c(CCCC)c2)CC)cc1CCCC. The molecule has 0 aliphatic rings. The molecule has 0 heterocycles. The van der Waals surface area contributed by atoms with Crippen LogP contribution in [0.5, 0.6) is 0 Å². The molecule has 0 atom stereocenters. The van der Waals surface area contributed by atoms with Crippen LogP contribution in [0, 0.1) is 0 Å². The lowest BCUT2D eigenvalue weighted by molar-refractivity contribution is -0.512. The molecule has 0 N–H and O–H groups in total. The second kappa shape index (κ2) is 23.2. The first kappa shape index (κ1) is 39.0. The lowest BCUT2D eigenvalue weighted by Crippen LogP contribution is -2.05. The fourth-order valence-electron chi connectivity index (χ4n) is 6.78. The molecule has 0 bridgehead atoms. The van der Waals surface area contributed by atoms with Crippen LogP contribution in [0.2, 0.25) is 0 Å². The van der Waals surface area contributed by atoms with Gasteiger partial charge in [-0.25, -0.2) is 0 Å². The lowest BCUT2D eigenvalue weighted by atomic mass is 9.88. The molecule has 45 heavy (non-hydrogen) atoms. The predicted octanol–water partition coefficient (Wildman–Crippen LogP) is 13.7. The van der Waals surface area contributed by atoms with Gasteiger partial charge >= 0.3 is 0 Å². The number of allylic oxidation sites excluding steroid dienone is 1. The number of unbranched alkanes of at least 4 members (excludes halogenated alkanes) is 9. The molecule has 2 aromatic rings. The topological polar surface area (TPSA) is 15.4 Å². The van der Waals surface area contributed by atoms with Crippen LogP contribution < -0.4 is 0 Å². The first-order valence-corrected chi connectivity index (χ1v) is 19.4. The first-order chi connectivity index (χ1) is 22.0. The minimum atomic E-state index is 0.964. The van der Waals surface area contributed by atoms with Crippen molar-refractivity contribution in [2.24, 2.45) is 5.11 Å². The van der Waals surface area contributed by atoms with Gasteiger partial charge in [-0.2, -0.15) is 0 Å². The van der Waals surface area contributed by atoms with E-state index in [0.717, 1.165) is 18.5 Å². The Morgan fingerprint density at radius 3 is 1.42 bits per heavy atom. The van der Waals surface area contributed by atoms with Gasteiger partial charge in [0.25, 0.3) is 0 Å². The Hall–Kier alpha value is -2.22. The van der Waals surface area contributed by atoms with E-state index in [1.807, 2.05) is 0 Å². The minimum absolute atomic E-state index is 0.964. The maximum atomic E-state index is 5.24. The standard InChI is InChI=1S/C43H71N2/c1-9-16-21-23-28-42-36(14-6)33-40(34-39(42)27-20-13-5)44-45(8)41(15-7)32-35-30-37(25-18-11-3)43(29-24-22-17-10-2)38(31-35)26-19-12-4/h30-34H,9-29H2,1-8H3/q+1. The van der Waals surface area contributed by atoms with Gasteiger partial charge in [0.1, 0.15) is 5.69 Å². The van der Waals surface area contributed by atoms with Crippen LogP contribution >= 0.6 is 0 Å². The molecule has 0 fully saturated rings. The van der Waals surface area contributed by atoms with Crippen molar-refractivity contribution in [2.75, 3.05) is 7.05 Å². The van der Waals surface area contributed by atoms with E-state index in [9.17, 15) is 0 Å². The summed E-state index contributed by atoms with van der Waals surface area (Å²) >= 11 is 0. The maximum Gasteiger partial charge on any atom is 0.208 e. The zero-order valence-electron chi connectivity index (χ0n) is 31.1. The Bertz CT molecular complexity index is 1140. The predicted molar refractivity (Wildman–Crippen MR) is 200 cm³/mol. The summed E-state index contributed by atoms with van der Waals surface area (Å²) in [5.41, 5.74) is 13.3. The van der Waals surface area contributed by atoms with Crippen molar-refractivity contribution in [3.05, 3.63) is 68.9 Å². The molecule has 0 aromatic heterocycles. The smallest absolute Gasteiger partial charge is 0.0906 e. The monoisotopic (exact) mass is 616 g/mol. The third-order valence-electron chi connectivity index (χ3n) is 9.59. The maximum absolute atomic E-state index is 5.24. The Morgan fingerprint density at radius 1 is 0.533 bits per heavy atom. The van der Waals surface area contributed by atoms with Crippen LogP contribution in [0.25, 0.3) is 6.08 Å². The Labute approximate surface area is 280 Å². The van der Waals surface area contributed by atoms with Gasteiger partial charge in [-0.3, -0.25) is 0 Å². The summed E-state index contributed by atoms with van der Waals surface area (Å²) in [6.45, 7) is 16.2. The molecule has 2 rings (SSSR count). The van der Waals surface area contributed by atoms with E-state index in [1.165, 1.54) is 144 Å². The molecule has 0 spiro atoms. The highest BCUT2D eigenvalue weighted by Crippen LogP contribution is 2.29. The Morgan fingerprint density at radius 2 is 0.978 bits per heavy atom. The third kappa shape index (κ3) is 13.6. The summed E-state index contributed by atoms with van der Waals surface area (Å²) in [4.78, 5) is 0. The third-order valence-corrected chi connectivity index (χ3v) is 9.59. The van der Waals surface area contributed by atoms with Crippen molar-refractivity contribution in [1.82, 2.24) is 0 Å². The summed E-state index contributed by atoms with van der Waals surface area (Å²) in [6.07, 6.45) is 28.6. The van der Waals surface area contributed by atoms with Crippen molar-refractivity contribution in [3.63, 3.8) is 0 Å². The average molecular weight is 616 g/mol. The van der Waals surface area contributed by atoms with Crippen molar-refractivity contribution in [3.8, 4) is 0 Å². The van der Waals surface area contributed by atoms with E-state index in [1.54, 1.807) is 22.3 Å². The lowest BCUT2D eigenvalue weighted by Gasteiger charge is -2.17. The van der Waals surface area contributed by atoms with E-state index in [0.29, 0.717) is 0 Å². The second-order valence-corrected chi connectivity index (χ2v) is 13.5. The summed E-state index contributed by atoms with van der Waals surface area (Å²) in [6, 6.07) is 9.84. The molecule has 0 unspecified atom stereocenters. The van der Waals surface area contributed by atoms with Crippen molar-refractivity contribution < 1.29 is 4.70 Å². The molecule has 2 nitrogen and oxygen atoms in total. The second-order valence-electron chi connectivity index (χ2n) is 13.5. The fourth-order valence-corrected chi connectivity index (χ4v) is 6.78. The van der Waals surface area contributed by atoms with Gasteiger partial charge in [-0.15, -0.1) is 0 Å². The van der Waals surface area contributed by atoms with Crippen LogP contribution in [0.15, 0.2) is 35.1 Å². The molecular weight excluding hydrogens is 544 g/mol. The van der Waals surface area contributed by atoms with E-state index in [-0.39, 0.29) is 0 Å². The highest BCUT2D eigenvalue weighted by Gasteiger charge is 2.16. The zero-order valence-corrected chi connectivity index (χ0v) is 31.1. The van der Waals surface area contributed by atoms with Gasteiger partial charge in [-0.1, -0.05) is 123 Å². The number of nitrogens with zero attached hydrogens (tertiary/aromatic N) is 2. The van der Waals surface area contributed by atoms with Crippen LogP contribution in [0.4, 0.5) is 5.69 Å². The molecule has 0 amide bonds. The summed E-state index contributed by atoms with van der Waals surface area (Å²) in [5, 5.41) is 5.24. The molecule has 0 radical (unpaired) electrons. The quantitative estimate of drug-likeness (QED) is 0.0634. The molecular formula is C43H71N2+. The number of benzene rings is 2. The van der Waals surface area contributed by atoms with Gasteiger partial charge in [0.2, 0.25) is 5.70 Å². The minimum Gasteiger partial charge on any atom is -0.0906 e. The van der Waals surface area contributed by atoms with E-state index < -0.39 is 0 Å². The molecule has 2 heteroatoms. The van der Waals surface area contributed by atoms with Gasteiger partial charge in [0, 0.05) is 12.5 Å². The van der Waals surface area contributed by atoms with Crippen molar-refractivity contribution >= 4 is 11.8 Å². The highest BCUT2D eigenvalue weighted by atomic mass is 15.3. The van der Waals surface area contributed by atoms with Crippen molar-refractivity contribution in [1.29, 1.82) is 0 Å². The first-order valence-electron chi connectivity index (χ1n) is 19.4. The van der Waals surface area contributed by atoms with Gasteiger partial charge < -0.3 is 0 Å². The van der Waals surface area contributed by atoms with Gasteiger partial charge in [-0.05, 0) is 127 Å². The van der Waals surface area contributed by atoms with E-state index >= 15 is 0 Å². The molecule has 0 aliphatic carbocycles. The molecule has 2 aromatic carbocycles. The summed E-state index contributed by atoms with van der Waals surface area (Å²) in [7, 11) is 2.16. The number of rotatable bonds is 24. The van der Waals surface area contributed by atoms with Crippen LogP contribution in [-0.4, -0.2) is 11.7 Å². The van der Waals surface area contributed by atoms with Crippen LogP contribution in [-0.2, 0) is 38.5 Å². The number of hydrogen-bond acceptors (Lipinski definition) is 1. The van der Waals surface area contributed by atoms with E-state index in [4.69, 9.17) is 5.11 Å². The highest BCUT2D eigenvalue weighted by molar-refractivity contribution is 5.56. The largest absolute Gasteiger partial charge is 0.208 e. The zero-order chi connectivity index (χ0) is 32.9. The van der Waals surface area contributed by atoms with Crippen molar-refractivity contribution in [2.45, 2.75) is 183 Å². The van der Waals surface area contributed by atoms with Crippen LogP contribution in [0.3, 0.4) is 0 Å². The molecule has 252 valence electrons. The molecule has 0 aliphatic heterocycles. The number of aryl methyl sites for hydroxylation is 4. The summed E-state index contributed by atoms with van der Waals surface area (Å²) < 4.78 is 2.16. The number of azo groups is 2.